The first kappa shape index (κ1) is 15.3. The Morgan fingerprint density at radius 3 is 2.88 bits per heavy atom. The predicted molar refractivity (Wildman–Crippen MR) is 97.0 cm³/mol. The lowest BCUT2D eigenvalue weighted by molar-refractivity contribution is 0.0483. The van der Waals surface area contributed by atoms with Crippen molar-refractivity contribution < 1.29 is 14.6 Å². The Hall–Kier alpha value is -2.99. The zero-order valence-corrected chi connectivity index (χ0v) is 14.2. The number of hydrogen-bond donors (Lipinski definition) is 1. The number of aliphatic imine (C=N–C) groups is 1. The van der Waals surface area contributed by atoms with E-state index in [-0.39, 0.29) is 11.9 Å². The third-order valence-corrected chi connectivity index (χ3v) is 4.82. The van der Waals surface area contributed by atoms with Gasteiger partial charge in [0.2, 0.25) is 0 Å². The van der Waals surface area contributed by atoms with Crippen molar-refractivity contribution in [1.82, 2.24) is 9.80 Å². The molecule has 4 aliphatic rings. The van der Waals surface area contributed by atoms with Crippen LogP contribution >= 0.6 is 0 Å². The third-order valence-electron chi connectivity index (χ3n) is 4.82. The van der Waals surface area contributed by atoms with Gasteiger partial charge in [0.25, 0.3) is 0 Å². The normalized spacial score (nSPS) is 24.1. The molecule has 1 N–H and O–H groups in total. The number of rotatable bonds is 2. The highest BCUT2D eigenvalue weighted by atomic mass is 16.5. The highest BCUT2D eigenvalue weighted by Crippen LogP contribution is 2.41. The smallest absolute Gasteiger partial charge is 0.187 e. The Morgan fingerprint density at radius 1 is 1.15 bits per heavy atom. The van der Waals surface area contributed by atoms with Gasteiger partial charge in [0, 0.05) is 24.9 Å². The van der Waals surface area contributed by atoms with Gasteiger partial charge in [0.05, 0.1) is 18.9 Å². The molecule has 1 saturated heterocycles. The first-order valence-corrected chi connectivity index (χ1v) is 8.77. The molecule has 0 amide bonds. The molecule has 6 heteroatoms. The second-order valence-corrected chi connectivity index (χ2v) is 6.48. The van der Waals surface area contributed by atoms with E-state index in [1.54, 1.807) is 12.1 Å². The van der Waals surface area contributed by atoms with Crippen molar-refractivity contribution in [2.75, 3.05) is 26.3 Å². The van der Waals surface area contributed by atoms with Gasteiger partial charge < -0.3 is 19.5 Å². The quantitative estimate of drug-likeness (QED) is 0.890. The second kappa shape index (κ2) is 6.07. The van der Waals surface area contributed by atoms with E-state index < -0.39 is 0 Å². The molecule has 5 rings (SSSR count). The van der Waals surface area contributed by atoms with Crippen LogP contribution in [0, 0.1) is 0 Å². The van der Waals surface area contributed by atoms with E-state index in [1.165, 1.54) is 0 Å². The van der Waals surface area contributed by atoms with E-state index in [4.69, 9.17) is 14.5 Å². The van der Waals surface area contributed by atoms with Crippen LogP contribution < -0.4 is 0 Å². The molecule has 0 bridgehead atoms. The van der Waals surface area contributed by atoms with Crippen LogP contribution in [0.1, 0.15) is 11.7 Å². The lowest BCUT2D eigenvalue weighted by Crippen LogP contribution is -2.39. The van der Waals surface area contributed by atoms with Gasteiger partial charge in [-0.25, -0.2) is 4.99 Å². The molecule has 1 fully saturated rings. The Balaban J connectivity index is 1.58. The predicted octanol–water partition coefficient (Wildman–Crippen LogP) is 2.65. The molecule has 4 heterocycles. The zero-order valence-electron chi connectivity index (χ0n) is 14.2. The summed E-state index contributed by atoms with van der Waals surface area (Å²) in [6.07, 6.45) is 9.80. The van der Waals surface area contributed by atoms with Gasteiger partial charge in [-0.05, 0) is 30.4 Å². The number of fused-ring (bicyclic) bond motifs is 3. The average Bonchev–Trinajstić information content (AvgIpc) is 3.14. The number of ether oxygens (including phenoxy) is 2. The number of hydrogen-bond acceptors (Lipinski definition) is 6. The molecule has 26 heavy (non-hydrogen) atoms. The van der Waals surface area contributed by atoms with Crippen molar-refractivity contribution in [3.8, 4) is 5.75 Å². The van der Waals surface area contributed by atoms with E-state index in [9.17, 15) is 5.11 Å². The molecule has 0 spiro atoms. The minimum Gasteiger partial charge on any atom is -0.508 e. The molecule has 1 aromatic carbocycles. The number of allylic oxidation sites excluding steroid dienone is 2. The molecule has 4 aliphatic heterocycles. The van der Waals surface area contributed by atoms with Gasteiger partial charge >= 0.3 is 0 Å². The monoisotopic (exact) mass is 349 g/mol. The van der Waals surface area contributed by atoms with Crippen molar-refractivity contribution in [2.24, 2.45) is 4.99 Å². The van der Waals surface area contributed by atoms with E-state index >= 15 is 0 Å². The first-order valence-electron chi connectivity index (χ1n) is 8.77. The van der Waals surface area contributed by atoms with Crippen LogP contribution in [0.25, 0.3) is 0 Å². The van der Waals surface area contributed by atoms with Crippen LogP contribution in [-0.4, -0.2) is 47.0 Å². The SMILES string of the molecule is Oc1cccc(C2C=C3C(=C(N4CCOCC4)N=C4C=CC=CN34)O2)c1. The summed E-state index contributed by atoms with van der Waals surface area (Å²) < 4.78 is 11.8. The molecular weight excluding hydrogens is 330 g/mol. The fourth-order valence-electron chi connectivity index (χ4n) is 3.54. The van der Waals surface area contributed by atoms with Crippen LogP contribution in [0.15, 0.2) is 77.0 Å². The molecule has 1 aromatic rings. The number of phenols is 1. The lowest BCUT2D eigenvalue weighted by Gasteiger charge is -2.35. The summed E-state index contributed by atoms with van der Waals surface area (Å²) in [4.78, 5) is 9.12. The summed E-state index contributed by atoms with van der Waals surface area (Å²) in [6, 6.07) is 7.19. The Labute approximate surface area is 151 Å². The molecule has 0 saturated carbocycles. The average molecular weight is 349 g/mol. The van der Waals surface area contributed by atoms with Crippen LogP contribution in [0.2, 0.25) is 0 Å². The Morgan fingerprint density at radius 2 is 2.04 bits per heavy atom. The number of morpholine rings is 1. The minimum atomic E-state index is -0.253. The van der Waals surface area contributed by atoms with Crippen LogP contribution in [0.3, 0.4) is 0 Å². The van der Waals surface area contributed by atoms with Gasteiger partial charge in [0.15, 0.2) is 11.6 Å². The van der Waals surface area contributed by atoms with Crippen molar-refractivity contribution in [3.63, 3.8) is 0 Å². The summed E-state index contributed by atoms with van der Waals surface area (Å²) in [5.74, 6) is 2.75. The van der Waals surface area contributed by atoms with Gasteiger partial charge in [0.1, 0.15) is 17.7 Å². The summed E-state index contributed by atoms with van der Waals surface area (Å²) in [5.41, 5.74) is 1.91. The fraction of sp³-hybridized carbons (Fsp3) is 0.250. The molecule has 6 nitrogen and oxygen atoms in total. The molecule has 0 aromatic heterocycles. The van der Waals surface area contributed by atoms with Crippen LogP contribution in [-0.2, 0) is 9.47 Å². The summed E-state index contributed by atoms with van der Waals surface area (Å²) in [6.45, 7) is 2.97. The Bertz CT molecular complexity index is 891. The highest BCUT2D eigenvalue weighted by molar-refractivity contribution is 5.98. The van der Waals surface area contributed by atoms with Gasteiger partial charge in [-0.15, -0.1) is 0 Å². The zero-order chi connectivity index (χ0) is 17.5. The van der Waals surface area contributed by atoms with Crippen molar-refractivity contribution >= 4 is 5.84 Å². The molecule has 0 aliphatic carbocycles. The second-order valence-electron chi connectivity index (χ2n) is 6.48. The number of aromatic hydroxyl groups is 1. The van der Waals surface area contributed by atoms with Gasteiger partial charge in [-0.3, -0.25) is 4.90 Å². The van der Waals surface area contributed by atoms with E-state index in [0.717, 1.165) is 41.8 Å². The molecular formula is C20H19N3O3. The summed E-state index contributed by atoms with van der Waals surface area (Å²) >= 11 is 0. The molecule has 132 valence electrons. The maximum absolute atomic E-state index is 9.81. The third kappa shape index (κ3) is 2.50. The Kier molecular flexibility index (Phi) is 3.57. The standard InChI is InChI=1S/C20H19N3O3/c24-15-5-3-4-14(12-15)17-13-16-19(26-17)20(22-8-10-25-11-9-22)21-18-6-1-2-7-23(16)18/h1-7,12-13,17,24H,8-11H2. The number of benzene rings is 1. The van der Waals surface area contributed by atoms with Gasteiger partial charge in [-0.1, -0.05) is 18.2 Å². The highest BCUT2D eigenvalue weighted by Gasteiger charge is 2.36. The molecule has 1 unspecified atom stereocenters. The number of amidine groups is 1. The number of phenolic OH excluding ortho intramolecular Hbond substituents is 1. The lowest BCUT2D eigenvalue weighted by atomic mass is 10.1. The number of nitrogens with zero attached hydrogens (tertiary/aromatic N) is 3. The maximum atomic E-state index is 9.81. The fourth-order valence-corrected chi connectivity index (χ4v) is 3.54. The maximum Gasteiger partial charge on any atom is 0.187 e. The van der Waals surface area contributed by atoms with Crippen molar-refractivity contribution in [3.05, 3.63) is 77.6 Å². The summed E-state index contributed by atoms with van der Waals surface area (Å²) in [7, 11) is 0. The molecule has 1 atom stereocenters. The van der Waals surface area contributed by atoms with E-state index in [2.05, 4.69) is 11.0 Å². The van der Waals surface area contributed by atoms with Crippen LogP contribution in [0.4, 0.5) is 0 Å². The van der Waals surface area contributed by atoms with Crippen molar-refractivity contribution in [2.45, 2.75) is 6.10 Å². The van der Waals surface area contributed by atoms with Gasteiger partial charge in [-0.2, -0.15) is 0 Å². The van der Waals surface area contributed by atoms with E-state index in [1.807, 2.05) is 41.5 Å². The van der Waals surface area contributed by atoms with Crippen LogP contribution in [0.5, 0.6) is 5.75 Å². The largest absolute Gasteiger partial charge is 0.508 e. The molecule has 0 radical (unpaired) electrons. The van der Waals surface area contributed by atoms with Crippen molar-refractivity contribution in [1.29, 1.82) is 0 Å². The topological polar surface area (TPSA) is 57.5 Å². The minimum absolute atomic E-state index is 0.236. The first-order chi connectivity index (χ1) is 12.8. The van der Waals surface area contributed by atoms with E-state index in [0.29, 0.717) is 13.2 Å². The summed E-state index contributed by atoms with van der Waals surface area (Å²) in [5, 5.41) is 9.81.